The van der Waals surface area contributed by atoms with Crippen LogP contribution in [-0.2, 0) is 9.59 Å². The second-order valence-electron chi connectivity index (χ2n) is 8.28. The van der Waals surface area contributed by atoms with Crippen LogP contribution in [0.1, 0.15) is 57.1 Å². The minimum Gasteiger partial charge on any atom is -0.497 e. The van der Waals surface area contributed by atoms with Gasteiger partial charge >= 0.3 is 0 Å². The monoisotopic (exact) mass is 394 g/mol. The van der Waals surface area contributed by atoms with Crippen LogP contribution in [0.25, 0.3) is 0 Å². The van der Waals surface area contributed by atoms with Crippen LogP contribution in [-0.4, -0.2) is 18.9 Å². The summed E-state index contributed by atoms with van der Waals surface area (Å²) >= 11 is 0. The molecule has 29 heavy (non-hydrogen) atoms. The molecule has 0 saturated heterocycles. The molecule has 3 rings (SSSR count). The van der Waals surface area contributed by atoms with E-state index in [-0.39, 0.29) is 23.7 Å². The zero-order valence-corrected chi connectivity index (χ0v) is 17.8. The van der Waals surface area contributed by atoms with Gasteiger partial charge in [0, 0.05) is 11.4 Å². The maximum absolute atomic E-state index is 12.9. The van der Waals surface area contributed by atoms with Gasteiger partial charge < -0.3 is 15.4 Å². The highest BCUT2D eigenvalue weighted by Gasteiger charge is 2.48. The summed E-state index contributed by atoms with van der Waals surface area (Å²) in [6.45, 7) is 8.49. The molecule has 154 valence electrons. The van der Waals surface area contributed by atoms with E-state index in [1.54, 1.807) is 31.4 Å². The Bertz CT molecular complexity index is 861. The van der Waals surface area contributed by atoms with Gasteiger partial charge in [-0.05, 0) is 53.6 Å². The standard InChI is InChI=1S/C24H30N2O3/c1-14(2)18-7-6-8-19(15(3)4)22(18)26-24(28)21-13-20(21)23(27)25-16-9-11-17(29-5)12-10-16/h6-12,14-15,20-21H,13H2,1-5H3,(H,25,27)(H,26,28). The number of anilines is 2. The van der Waals surface area contributed by atoms with Gasteiger partial charge in [-0.15, -0.1) is 0 Å². The topological polar surface area (TPSA) is 67.4 Å². The lowest BCUT2D eigenvalue weighted by Gasteiger charge is -2.20. The Morgan fingerprint density at radius 1 is 0.862 bits per heavy atom. The molecule has 1 aliphatic rings. The fourth-order valence-corrected chi connectivity index (χ4v) is 3.60. The summed E-state index contributed by atoms with van der Waals surface area (Å²) in [7, 11) is 1.60. The molecular formula is C24H30N2O3. The Hall–Kier alpha value is -2.82. The molecule has 5 heteroatoms. The summed E-state index contributed by atoms with van der Waals surface area (Å²) in [4.78, 5) is 25.4. The minimum atomic E-state index is -0.286. The second kappa shape index (κ2) is 8.68. The first kappa shape index (κ1) is 20.9. The molecule has 5 nitrogen and oxygen atoms in total. The molecule has 1 aliphatic carbocycles. The number of nitrogens with one attached hydrogen (secondary N) is 2. The third-order valence-corrected chi connectivity index (χ3v) is 5.44. The summed E-state index contributed by atoms with van der Waals surface area (Å²) in [6.07, 6.45) is 0.578. The molecule has 0 aromatic heterocycles. The van der Waals surface area contributed by atoms with Crippen LogP contribution in [0, 0.1) is 11.8 Å². The number of hydrogen-bond acceptors (Lipinski definition) is 3. The van der Waals surface area contributed by atoms with E-state index in [2.05, 4.69) is 50.5 Å². The number of carbonyl (C=O) groups is 2. The second-order valence-corrected chi connectivity index (χ2v) is 8.28. The van der Waals surface area contributed by atoms with Crippen molar-refractivity contribution < 1.29 is 14.3 Å². The Morgan fingerprint density at radius 2 is 1.38 bits per heavy atom. The van der Waals surface area contributed by atoms with Gasteiger partial charge in [0.15, 0.2) is 0 Å². The van der Waals surface area contributed by atoms with Crippen LogP contribution in [0.2, 0.25) is 0 Å². The quantitative estimate of drug-likeness (QED) is 0.682. The number of rotatable bonds is 7. The van der Waals surface area contributed by atoms with Crippen molar-refractivity contribution in [2.24, 2.45) is 11.8 Å². The molecule has 2 amide bonds. The number of carbonyl (C=O) groups excluding carboxylic acids is 2. The average Bonchev–Trinajstić information content (AvgIpc) is 3.49. The van der Waals surface area contributed by atoms with Gasteiger partial charge in [0.2, 0.25) is 11.8 Å². The number of ether oxygens (including phenoxy) is 1. The van der Waals surface area contributed by atoms with Crippen molar-refractivity contribution in [1.29, 1.82) is 0 Å². The van der Waals surface area contributed by atoms with Gasteiger partial charge in [-0.1, -0.05) is 45.9 Å². The van der Waals surface area contributed by atoms with E-state index in [4.69, 9.17) is 4.74 Å². The Morgan fingerprint density at radius 3 is 1.86 bits per heavy atom. The van der Waals surface area contributed by atoms with Gasteiger partial charge in [0.1, 0.15) is 5.75 Å². The Kier molecular flexibility index (Phi) is 6.26. The summed E-state index contributed by atoms with van der Waals surface area (Å²) in [6, 6.07) is 13.3. The van der Waals surface area contributed by atoms with Gasteiger partial charge in [0.25, 0.3) is 0 Å². The fourth-order valence-electron chi connectivity index (χ4n) is 3.60. The summed E-state index contributed by atoms with van der Waals surface area (Å²) in [5.74, 6) is 0.580. The molecule has 0 bridgehead atoms. The number of hydrogen-bond donors (Lipinski definition) is 2. The average molecular weight is 395 g/mol. The molecular weight excluding hydrogens is 364 g/mol. The zero-order chi connectivity index (χ0) is 21.1. The maximum Gasteiger partial charge on any atom is 0.228 e. The first-order valence-electron chi connectivity index (χ1n) is 10.2. The van der Waals surface area contributed by atoms with Gasteiger partial charge in [-0.3, -0.25) is 9.59 Å². The van der Waals surface area contributed by atoms with Crippen LogP contribution in [0.3, 0.4) is 0 Å². The molecule has 2 aromatic carbocycles. The van der Waals surface area contributed by atoms with Crippen molar-refractivity contribution in [1.82, 2.24) is 0 Å². The first-order chi connectivity index (χ1) is 13.8. The molecule has 0 aliphatic heterocycles. The summed E-state index contributed by atoms with van der Waals surface area (Å²) in [5, 5.41) is 6.02. The van der Waals surface area contributed by atoms with Crippen molar-refractivity contribution >= 4 is 23.2 Å². The van der Waals surface area contributed by atoms with Crippen LogP contribution < -0.4 is 15.4 Å². The van der Waals surface area contributed by atoms with Crippen LogP contribution in [0.4, 0.5) is 11.4 Å². The van der Waals surface area contributed by atoms with Crippen molar-refractivity contribution in [3.63, 3.8) is 0 Å². The number of amides is 2. The van der Waals surface area contributed by atoms with Crippen molar-refractivity contribution in [2.75, 3.05) is 17.7 Å². The van der Waals surface area contributed by atoms with E-state index >= 15 is 0 Å². The first-order valence-corrected chi connectivity index (χ1v) is 10.2. The summed E-state index contributed by atoms with van der Waals surface area (Å²) in [5.41, 5.74) is 3.87. The van der Waals surface area contributed by atoms with E-state index in [1.165, 1.54) is 0 Å². The predicted octanol–water partition coefficient (Wildman–Crippen LogP) is 5.16. The molecule has 2 aromatic rings. The summed E-state index contributed by atoms with van der Waals surface area (Å²) < 4.78 is 5.13. The third-order valence-electron chi connectivity index (χ3n) is 5.44. The van der Waals surface area contributed by atoms with Crippen molar-refractivity contribution in [3.05, 3.63) is 53.6 Å². The lowest BCUT2D eigenvalue weighted by molar-refractivity contribution is -0.122. The largest absolute Gasteiger partial charge is 0.497 e. The molecule has 1 fully saturated rings. The lowest BCUT2D eigenvalue weighted by atomic mass is 9.92. The molecule has 2 unspecified atom stereocenters. The molecule has 2 N–H and O–H groups in total. The normalized spacial score (nSPS) is 17.9. The van der Waals surface area contributed by atoms with Crippen LogP contribution in [0.5, 0.6) is 5.75 Å². The highest BCUT2D eigenvalue weighted by Crippen LogP contribution is 2.41. The van der Waals surface area contributed by atoms with E-state index in [1.807, 2.05) is 6.07 Å². The predicted molar refractivity (Wildman–Crippen MR) is 116 cm³/mol. The van der Waals surface area contributed by atoms with Crippen LogP contribution in [0.15, 0.2) is 42.5 Å². The molecule has 0 spiro atoms. The number of methoxy groups -OCH3 is 1. The van der Waals surface area contributed by atoms with Gasteiger partial charge in [-0.2, -0.15) is 0 Å². The Balaban J connectivity index is 1.66. The maximum atomic E-state index is 12.9. The van der Waals surface area contributed by atoms with Crippen molar-refractivity contribution in [3.8, 4) is 5.75 Å². The lowest BCUT2D eigenvalue weighted by Crippen LogP contribution is -2.22. The zero-order valence-electron chi connectivity index (χ0n) is 17.8. The Labute approximate surface area is 172 Å². The molecule has 1 saturated carbocycles. The minimum absolute atomic E-state index is 0.0742. The number of para-hydroxylation sites is 1. The van der Waals surface area contributed by atoms with E-state index in [0.29, 0.717) is 23.9 Å². The molecule has 0 heterocycles. The smallest absolute Gasteiger partial charge is 0.228 e. The molecule has 2 atom stereocenters. The van der Waals surface area contributed by atoms with Gasteiger partial charge in [0.05, 0.1) is 18.9 Å². The van der Waals surface area contributed by atoms with Crippen LogP contribution >= 0.6 is 0 Å². The van der Waals surface area contributed by atoms with E-state index in [9.17, 15) is 9.59 Å². The van der Waals surface area contributed by atoms with Crippen molar-refractivity contribution in [2.45, 2.75) is 46.0 Å². The third kappa shape index (κ3) is 4.78. The van der Waals surface area contributed by atoms with E-state index in [0.717, 1.165) is 22.6 Å². The highest BCUT2D eigenvalue weighted by molar-refractivity contribution is 6.03. The fraction of sp³-hybridized carbons (Fsp3) is 0.417. The van der Waals surface area contributed by atoms with E-state index < -0.39 is 0 Å². The SMILES string of the molecule is COc1ccc(NC(=O)C2CC2C(=O)Nc2c(C(C)C)cccc2C(C)C)cc1. The molecule has 0 radical (unpaired) electrons. The highest BCUT2D eigenvalue weighted by atomic mass is 16.5. The van der Waals surface area contributed by atoms with Gasteiger partial charge in [-0.25, -0.2) is 0 Å². The number of benzene rings is 2.